The number of rotatable bonds is 14. The summed E-state index contributed by atoms with van der Waals surface area (Å²) in [5.41, 5.74) is 2.08. The Morgan fingerprint density at radius 2 is 1.43 bits per heavy atom. The molecular formula is C27H23N3O10S2. The third kappa shape index (κ3) is 7.66. The topological polar surface area (TPSA) is 194 Å². The van der Waals surface area contributed by atoms with E-state index < -0.39 is 41.1 Å². The number of hydrogen-bond acceptors (Lipinski definition) is 10. The maximum absolute atomic E-state index is 13.8. The minimum atomic E-state index is -4.18. The van der Waals surface area contributed by atoms with Crippen molar-refractivity contribution in [2.24, 2.45) is 0 Å². The van der Waals surface area contributed by atoms with Crippen LogP contribution in [0.15, 0.2) is 77.0 Å². The first kappa shape index (κ1) is 30.1. The van der Waals surface area contributed by atoms with Crippen molar-refractivity contribution in [1.82, 2.24) is 13.9 Å². The smallest absolute Gasteiger partial charge is 0.341 e. The Morgan fingerprint density at radius 1 is 0.810 bits per heavy atom. The fourth-order valence-electron chi connectivity index (χ4n) is 3.81. The first-order chi connectivity index (χ1) is 20.0. The quantitative estimate of drug-likeness (QED) is 0.188. The van der Waals surface area contributed by atoms with E-state index >= 15 is 0 Å². The highest BCUT2D eigenvalue weighted by Gasteiger charge is 2.26. The van der Waals surface area contributed by atoms with Crippen molar-refractivity contribution in [1.29, 1.82) is 0 Å². The van der Waals surface area contributed by atoms with Crippen LogP contribution in [0.25, 0.3) is 11.3 Å². The van der Waals surface area contributed by atoms with E-state index in [1.807, 2.05) is 0 Å². The molecule has 0 saturated carbocycles. The molecule has 42 heavy (non-hydrogen) atoms. The van der Waals surface area contributed by atoms with Crippen LogP contribution in [0.4, 0.5) is 0 Å². The lowest BCUT2D eigenvalue weighted by Crippen LogP contribution is -2.30. The van der Waals surface area contributed by atoms with Crippen molar-refractivity contribution >= 4 is 39.5 Å². The summed E-state index contributed by atoms with van der Waals surface area (Å²) in [4.78, 5) is 33.4. The highest BCUT2D eigenvalue weighted by Crippen LogP contribution is 2.27. The molecule has 1 aromatic heterocycles. The summed E-state index contributed by atoms with van der Waals surface area (Å²) < 4.78 is 42.8. The van der Waals surface area contributed by atoms with Gasteiger partial charge in [-0.2, -0.15) is 4.31 Å². The fourth-order valence-corrected chi connectivity index (χ4v) is 5.70. The molecule has 0 radical (unpaired) electrons. The number of carbonyl (C=O) groups is 3. The molecule has 0 amide bonds. The van der Waals surface area contributed by atoms with Gasteiger partial charge in [-0.25, -0.2) is 22.8 Å². The van der Waals surface area contributed by atoms with Crippen LogP contribution < -0.4 is 9.47 Å². The van der Waals surface area contributed by atoms with E-state index in [1.165, 1.54) is 54.0 Å². The van der Waals surface area contributed by atoms with Gasteiger partial charge in [0.1, 0.15) is 22.8 Å². The number of benzene rings is 3. The normalized spacial score (nSPS) is 11.3. The van der Waals surface area contributed by atoms with E-state index in [4.69, 9.17) is 19.7 Å². The van der Waals surface area contributed by atoms with E-state index in [0.29, 0.717) is 16.8 Å². The van der Waals surface area contributed by atoms with Gasteiger partial charge in [-0.15, -0.1) is 5.10 Å². The molecule has 15 heteroatoms. The van der Waals surface area contributed by atoms with Crippen molar-refractivity contribution in [2.45, 2.75) is 18.0 Å². The van der Waals surface area contributed by atoms with E-state index in [9.17, 15) is 27.9 Å². The van der Waals surface area contributed by atoms with Crippen LogP contribution in [-0.2, 0) is 32.7 Å². The van der Waals surface area contributed by atoms with Crippen LogP contribution in [0.5, 0.6) is 11.5 Å². The molecule has 0 spiro atoms. The lowest BCUT2D eigenvalue weighted by molar-refractivity contribution is -0.140. The predicted octanol–water partition coefficient (Wildman–Crippen LogP) is 3.22. The van der Waals surface area contributed by atoms with Gasteiger partial charge in [-0.05, 0) is 59.1 Å². The van der Waals surface area contributed by atoms with Gasteiger partial charge in [-0.1, -0.05) is 34.8 Å². The Balaban J connectivity index is 1.66. The van der Waals surface area contributed by atoms with Crippen molar-refractivity contribution in [3.8, 4) is 22.8 Å². The highest BCUT2D eigenvalue weighted by molar-refractivity contribution is 7.89. The van der Waals surface area contributed by atoms with Gasteiger partial charge in [-0.3, -0.25) is 0 Å². The second kappa shape index (κ2) is 13.2. The van der Waals surface area contributed by atoms with Gasteiger partial charge >= 0.3 is 17.9 Å². The first-order valence-electron chi connectivity index (χ1n) is 12.0. The number of aliphatic carboxylic acids is 2. The third-order valence-electron chi connectivity index (χ3n) is 5.78. The van der Waals surface area contributed by atoms with Gasteiger partial charge in [0.25, 0.3) is 0 Å². The first-order valence-corrected chi connectivity index (χ1v) is 14.3. The molecule has 0 aliphatic heterocycles. The summed E-state index contributed by atoms with van der Waals surface area (Å²) in [6, 6.07) is 16.2. The van der Waals surface area contributed by atoms with E-state index in [0.717, 1.165) is 9.87 Å². The predicted molar refractivity (Wildman–Crippen MR) is 148 cm³/mol. The van der Waals surface area contributed by atoms with E-state index in [2.05, 4.69) is 9.59 Å². The SMILES string of the molecule is O=C(O)COc1ccc(S(=O)(=O)N(Cc2ccc(-c3csnn3)cc2)Cc2ccc(OCC(=O)O)c(C(=O)O)c2)cc1. The number of carboxylic acid groups (broad SMARTS) is 3. The van der Waals surface area contributed by atoms with Crippen LogP contribution in [-0.4, -0.2) is 68.8 Å². The molecule has 0 aliphatic carbocycles. The molecular weight excluding hydrogens is 590 g/mol. The highest BCUT2D eigenvalue weighted by atomic mass is 32.2. The van der Waals surface area contributed by atoms with Crippen LogP contribution in [0.2, 0.25) is 0 Å². The Morgan fingerprint density at radius 3 is 2.02 bits per heavy atom. The van der Waals surface area contributed by atoms with Crippen molar-refractivity contribution in [3.63, 3.8) is 0 Å². The number of carboxylic acids is 3. The Labute approximate surface area is 243 Å². The molecule has 3 aromatic carbocycles. The molecule has 218 valence electrons. The van der Waals surface area contributed by atoms with Crippen LogP contribution in [0, 0.1) is 0 Å². The molecule has 0 fully saturated rings. The molecule has 13 nitrogen and oxygen atoms in total. The van der Waals surface area contributed by atoms with Gasteiger partial charge in [0, 0.05) is 24.0 Å². The number of aromatic nitrogens is 2. The van der Waals surface area contributed by atoms with Gasteiger partial charge in [0.05, 0.1) is 4.90 Å². The standard InChI is InChI=1S/C27H23N3O10S2/c31-25(32)14-39-20-6-8-21(9-7-20)42(37,38)30(12-17-1-4-19(5-2-17)23-16-41-29-28-23)13-18-3-10-24(40-15-26(33)34)22(11-18)27(35)36/h1-11,16H,12-15H2,(H,31,32)(H,33,34)(H,35,36). The second-order valence-electron chi connectivity index (χ2n) is 8.73. The van der Waals surface area contributed by atoms with Gasteiger partial charge < -0.3 is 24.8 Å². The second-order valence-corrected chi connectivity index (χ2v) is 11.3. The molecule has 4 aromatic rings. The average molecular weight is 614 g/mol. The summed E-state index contributed by atoms with van der Waals surface area (Å²) in [7, 11) is -4.18. The minimum absolute atomic E-state index is 0.0884. The third-order valence-corrected chi connectivity index (χ3v) is 8.09. The van der Waals surface area contributed by atoms with Gasteiger partial charge in [0.2, 0.25) is 10.0 Å². The zero-order valence-corrected chi connectivity index (χ0v) is 23.2. The van der Waals surface area contributed by atoms with Crippen molar-refractivity contribution < 1.29 is 47.6 Å². The number of aromatic carboxylic acids is 1. The Bertz CT molecular complexity index is 1670. The van der Waals surface area contributed by atoms with E-state index in [1.54, 1.807) is 29.6 Å². The van der Waals surface area contributed by atoms with Crippen LogP contribution in [0.1, 0.15) is 21.5 Å². The maximum Gasteiger partial charge on any atom is 0.341 e. The molecule has 4 rings (SSSR count). The number of sulfonamides is 1. The maximum atomic E-state index is 13.8. The monoisotopic (exact) mass is 613 g/mol. The Hall–Kier alpha value is -4.86. The lowest BCUT2D eigenvalue weighted by Gasteiger charge is -2.23. The van der Waals surface area contributed by atoms with Crippen LogP contribution >= 0.6 is 11.5 Å². The molecule has 3 N–H and O–H groups in total. The Kier molecular flexibility index (Phi) is 9.46. The van der Waals surface area contributed by atoms with Crippen molar-refractivity contribution in [3.05, 3.63) is 88.8 Å². The minimum Gasteiger partial charge on any atom is -0.482 e. The summed E-state index contributed by atoms with van der Waals surface area (Å²) in [6.45, 7) is -1.67. The van der Waals surface area contributed by atoms with Gasteiger partial charge in [0.15, 0.2) is 13.2 Å². The van der Waals surface area contributed by atoms with Crippen molar-refractivity contribution in [2.75, 3.05) is 13.2 Å². The molecule has 0 aliphatic rings. The fraction of sp³-hybridized carbons (Fsp3) is 0.148. The molecule has 1 heterocycles. The molecule has 0 atom stereocenters. The largest absolute Gasteiger partial charge is 0.482 e. The zero-order chi connectivity index (χ0) is 30.3. The molecule has 0 bridgehead atoms. The van der Waals surface area contributed by atoms with E-state index in [-0.39, 0.29) is 35.0 Å². The summed E-state index contributed by atoms with van der Waals surface area (Å²) in [5.74, 6) is -3.86. The van der Waals surface area contributed by atoms with Crippen LogP contribution in [0.3, 0.4) is 0 Å². The number of hydrogen-bond donors (Lipinski definition) is 3. The molecule has 0 saturated heterocycles. The number of nitrogens with zero attached hydrogens (tertiary/aromatic N) is 3. The average Bonchev–Trinajstić information content (AvgIpc) is 3.50. The zero-order valence-electron chi connectivity index (χ0n) is 21.6. The number of ether oxygens (including phenoxy) is 2. The lowest BCUT2D eigenvalue weighted by atomic mass is 10.1. The summed E-state index contributed by atoms with van der Waals surface area (Å²) in [5, 5.41) is 33.1. The summed E-state index contributed by atoms with van der Waals surface area (Å²) >= 11 is 1.20. The molecule has 0 unspecified atom stereocenters. The summed E-state index contributed by atoms with van der Waals surface area (Å²) in [6.07, 6.45) is 0.